The molecule has 0 saturated carbocycles. The third-order valence-corrected chi connectivity index (χ3v) is 6.97. The fraction of sp³-hybridized carbons (Fsp3) is 0.923. The zero-order valence-electron chi connectivity index (χ0n) is 11.1. The first-order valence-corrected chi connectivity index (χ1v) is 8.65. The summed E-state index contributed by atoms with van der Waals surface area (Å²) in [4.78, 5) is 11.4. The molecule has 18 heavy (non-hydrogen) atoms. The first-order chi connectivity index (χ1) is 8.67. The van der Waals surface area contributed by atoms with E-state index < -0.39 is 0 Å². The second kappa shape index (κ2) is 6.53. The van der Waals surface area contributed by atoms with Gasteiger partial charge in [-0.3, -0.25) is 4.79 Å². The molecule has 2 rings (SSSR count). The van der Waals surface area contributed by atoms with Crippen LogP contribution in [0.25, 0.3) is 0 Å². The largest absolute Gasteiger partial charge is 0.469 e. The summed E-state index contributed by atoms with van der Waals surface area (Å²) in [6.45, 7) is 2.16. The lowest BCUT2D eigenvalue weighted by atomic mass is 9.99. The normalized spacial score (nSPS) is 31.2. The van der Waals surface area contributed by atoms with Crippen LogP contribution >= 0.6 is 23.5 Å². The molecular weight excluding hydrogens is 268 g/mol. The number of esters is 1. The molecule has 5 heteroatoms. The number of carbonyl (C=O) groups excluding carboxylic acids is 1. The Morgan fingerprint density at radius 1 is 1.33 bits per heavy atom. The van der Waals surface area contributed by atoms with Crippen LogP contribution in [-0.2, 0) is 14.3 Å². The minimum Gasteiger partial charge on any atom is -0.469 e. The van der Waals surface area contributed by atoms with E-state index in [4.69, 9.17) is 9.47 Å². The predicted molar refractivity (Wildman–Crippen MR) is 77.1 cm³/mol. The van der Waals surface area contributed by atoms with Crippen molar-refractivity contribution in [2.75, 3.05) is 18.6 Å². The Morgan fingerprint density at radius 2 is 2.00 bits per heavy atom. The molecule has 0 radical (unpaired) electrons. The summed E-state index contributed by atoms with van der Waals surface area (Å²) in [7, 11) is 1.45. The molecule has 0 aromatic carbocycles. The third kappa shape index (κ3) is 3.58. The minimum absolute atomic E-state index is 0.0363. The van der Waals surface area contributed by atoms with E-state index in [2.05, 4.69) is 30.4 Å². The number of hydrogen-bond donors (Lipinski definition) is 0. The van der Waals surface area contributed by atoms with Gasteiger partial charge in [0.1, 0.15) is 0 Å². The first-order valence-electron chi connectivity index (χ1n) is 6.67. The molecule has 2 aliphatic rings. The third-order valence-electron chi connectivity index (χ3n) is 3.56. The second-order valence-corrected chi connectivity index (χ2v) is 8.15. The Balaban J connectivity index is 2.01. The van der Waals surface area contributed by atoms with Crippen molar-refractivity contribution in [1.82, 2.24) is 0 Å². The second-order valence-electron chi connectivity index (χ2n) is 4.94. The van der Waals surface area contributed by atoms with E-state index in [-0.39, 0.29) is 16.2 Å². The molecule has 0 N–H and O–H groups in total. The molecular formula is C13H22O3S2. The van der Waals surface area contributed by atoms with Crippen molar-refractivity contribution in [3.8, 4) is 0 Å². The standard InChI is InChI=1S/C13H22O3S2/c1-3-10-8-13(17-5-4-6-18-13)9-11(16-10)7-12(14)15-2/h10-11H,3-9H2,1-2H3/t10-,11+/m1/s1. The molecule has 2 aliphatic heterocycles. The molecule has 3 nitrogen and oxygen atoms in total. The number of methoxy groups -OCH3 is 1. The van der Waals surface area contributed by atoms with Crippen LogP contribution in [0.2, 0.25) is 0 Å². The van der Waals surface area contributed by atoms with Gasteiger partial charge in [-0.05, 0) is 37.2 Å². The van der Waals surface area contributed by atoms with Gasteiger partial charge in [0.2, 0.25) is 0 Å². The van der Waals surface area contributed by atoms with Crippen molar-refractivity contribution in [3.05, 3.63) is 0 Å². The molecule has 0 bridgehead atoms. The van der Waals surface area contributed by atoms with E-state index >= 15 is 0 Å². The maximum Gasteiger partial charge on any atom is 0.308 e. The lowest BCUT2D eigenvalue weighted by Crippen LogP contribution is -2.43. The summed E-state index contributed by atoms with van der Waals surface area (Å²) >= 11 is 4.15. The maximum absolute atomic E-state index is 11.4. The number of thioether (sulfide) groups is 2. The molecule has 0 amide bonds. The van der Waals surface area contributed by atoms with Crippen LogP contribution in [0.4, 0.5) is 0 Å². The van der Waals surface area contributed by atoms with Crippen LogP contribution in [0.1, 0.15) is 39.0 Å². The topological polar surface area (TPSA) is 35.5 Å². The number of ether oxygens (including phenoxy) is 2. The van der Waals surface area contributed by atoms with Crippen molar-refractivity contribution in [3.63, 3.8) is 0 Å². The fourth-order valence-corrected chi connectivity index (χ4v) is 6.18. The zero-order valence-corrected chi connectivity index (χ0v) is 12.8. The van der Waals surface area contributed by atoms with Crippen LogP contribution in [0.3, 0.4) is 0 Å². The molecule has 2 fully saturated rings. The van der Waals surface area contributed by atoms with Gasteiger partial charge < -0.3 is 9.47 Å². The van der Waals surface area contributed by atoms with E-state index in [9.17, 15) is 4.79 Å². The van der Waals surface area contributed by atoms with Gasteiger partial charge in [-0.1, -0.05) is 6.92 Å². The molecule has 0 aliphatic carbocycles. The molecule has 0 unspecified atom stereocenters. The zero-order chi connectivity index (χ0) is 13.0. The highest BCUT2D eigenvalue weighted by Crippen LogP contribution is 2.52. The average Bonchev–Trinajstić information content (AvgIpc) is 2.38. The molecule has 0 aromatic rings. The lowest BCUT2D eigenvalue weighted by Gasteiger charge is -2.45. The van der Waals surface area contributed by atoms with E-state index in [0.717, 1.165) is 19.3 Å². The molecule has 2 atom stereocenters. The van der Waals surface area contributed by atoms with E-state index in [1.807, 2.05) is 0 Å². The first kappa shape index (κ1) is 14.5. The lowest BCUT2D eigenvalue weighted by molar-refractivity contribution is -0.146. The fourth-order valence-electron chi connectivity index (χ4n) is 2.63. The van der Waals surface area contributed by atoms with E-state index in [1.165, 1.54) is 25.0 Å². The van der Waals surface area contributed by atoms with Crippen molar-refractivity contribution in [2.45, 2.75) is 55.3 Å². The molecule has 104 valence electrons. The summed E-state index contributed by atoms with van der Waals surface area (Å²) < 4.78 is 11.1. The van der Waals surface area contributed by atoms with Gasteiger partial charge in [0.05, 0.1) is 29.8 Å². The quantitative estimate of drug-likeness (QED) is 0.746. The highest BCUT2D eigenvalue weighted by molar-refractivity contribution is 8.18. The van der Waals surface area contributed by atoms with Gasteiger partial charge in [0.15, 0.2) is 0 Å². The Morgan fingerprint density at radius 3 is 2.61 bits per heavy atom. The summed E-state index contributed by atoms with van der Waals surface area (Å²) in [5, 5.41) is 0. The molecule has 1 spiro atoms. The van der Waals surface area contributed by atoms with Gasteiger partial charge >= 0.3 is 5.97 Å². The van der Waals surface area contributed by atoms with Crippen molar-refractivity contribution < 1.29 is 14.3 Å². The maximum atomic E-state index is 11.4. The van der Waals surface area contributed by atoms with Gasteiger partial charge in [0, 0.05) is 0 Å². The monoisotopic (exact) mass is 290 g/mol. The van der Waals surface area contributed by atoms with Crippen molar-refractivity contribution >= 4 is 29.5 Å². The van der Waals surface area contributed by atoms with Gasteiger partial charge in [-0.25, -0.2) is 0 Å². The highest BCUT2D eigenvalue weighted by Gasteiger charge is 2.43. The number of carbonyl (C=O) groups is 1. The Bertz CT molecular complexity index is 290. The highest BCUT2D eigenvalue weighted by atomic mass is 32.2. The van der Waals surface area contributed by atoms with Crippen LogP contribution < -0.4 is 0 Å². The molecule has 2 heterocycles. The number of hydrogen-bond acceptors (Lipinski definition) is 5. The SMILES string of the molecule is CC[C@@H]1CC2(C[C@H](CC(=O)OC)O1)SCCCS2. The molecule has 0 aromatic heterocycles. The Labute approximate surface area is 118 Å². The Hall–Kier alpha value is 0.130. The van der Waals surface area contributed by atoms with E-state index in [1.54, 1.807) is 0 Å². The molecule has 2 saturated heterocycles. The van der Waals surface area contributed by atoms with Crippen LogP contribution in [0.5, 0.6) is 0 Å². The minimum atomic E-state index is -0.155. The van der Waals surface area contributed by atoms with Gasteiger partial charge in [0.25, 0.3) is 0 Å². The van der Waals surface area contributed by atoms with Gasteiger partial charge in [-0.15, -0.1) is 23.5 Å². The average molecular weight is 290 g/mol. The van der Waals surface area contributed by atoms with Crippen LogP contribution in [-0.4, -0.2) is 40.9 Å². The van der Waals surface area contributed by atoms with Crippen molar-refractivity contribution in [1.29, 1.82) is 0 Å². The summed E-state index contributed by atoms with van der Waals surface area (Å²) in [6.07, 6.45) is 5.16. The predicted octanol–water partition coefficient (Wildman–Crippen LogP) is 3.07. The van der Waals surface area contributed by atoms with E-state index in [0.29, 0.717) is 12.5 Å². The summed E-state index contributed by atoms with van der Waals surface area (Å²) in [5.41, 5.74) is 0. The van der Waals surface area contributed by atoms with Gasteiger partial charge in [-0.2, -0.15) is 0 Å². The number of rotatable bonds is 3. The van der Waals surface area contributed by atoms with Crippen LogP contribution in [0.15, 0.2) is 0 Å². The summed E-state index contributed by atoms with van der Waals surface area (Å²) in [6, 6.07) is 0. The van der Waals surface area contributed by atoms with Crippen molar-refractivity contribution in [2.24, 2.45) is 0 Å². The smallest absolute Gasteiger partial charge is 0.308 e. The Kier molecular flexibility index (Phi) is 5.27. The summed E-state index contributed by atoms with van der Waals surface area (Å²) in [5.74, 6) is 2.33. The van der Waals surface area contributed by atoms with Crippen LogP contribution in [0, 0.1) is 0 Å².